The minimum atomic E-state index is -4.42. The molecule has 5 aromatic rings. The minimum Gasteiger partial charge on any atom is -0.339 e. The second-order valence-electron chi connectivity index (χ2n) is 8.62. The van der Waals surface area contributed by atoms with Crippen LogP contribution in [0.1, 0.15) is 54.9 Å². The van der Waals surface area contributed by atoms with E-state index in [-0.39, 0.29) is 30.1 Å². The van der Waals surface area contributed by atoms with Gasteiger partial charge in [0.05, 0.1) is 21.7 Å². The summed E-state index contributed by atoms with van der Waals surface area (Å²) in [5, 5.41) is 12.4. The van der Waals surface area contributed by atoms with Crippen LogP contribution in [-0.4, -0.2) is 37.9 Å². The highest BCUT2D eigenvalue weighted by molar-refractivity contribution is 9.08. The van der Waals surface area contributed by atoms with Crippen LogP contribution in [0.3, 0.4) is 0 Å². The smallest absolute Gasteiger partial charge is 0.339 e. The Balaban J connectivity index is 1.37. The van der Waals surface area contributed by atoms with Crippen molar-refractivity contribution < 1.29 is 17.7 Å². The fourth-order valence-corrected chi connectivity index (χ4v) is 4.61. The monoisotopic (exact) mass is 578 g/mol. The number of hydrogen-bond donors (Lipinski definition) is 0. The summed E-state index contributed by atoms with van der Waals surface area (Å²) in [6.45, 7) is 2.75. The van der Waals surface area contributed by atoms with Crippen LogP contribution in [0.25, 0.3) is 16.9 Å². The largest absolute Gasteiger partial charge is 0.416 e. The van der Waals surface area contributed by atoms with Crippen LogP contribution in [-0.2, 0) is 32.0 Å². The minimum absolute atomic E-state index is 0.0942. The Morgan fingerprint density at radius 1 is 1.14 bits per heavy atom. The number of halogens is 4. The van der Waals surface area contributed by atoms with Crippen molar-refractivity contribution in [3.63, 3.8) is 0 Å². The summed E-state index contributed by atoms with van der Waals surface area (Å²) in [4.78, 5) is 22.0. The van der Waals surface area contributed by atoms with Crippen LogP contribution >= 0.6 is 16.1 Å². The van der Waals surface area contributed by atoms with Gasteiger partial charge >= 0.3 is 6.18 Å². The molecule has 194 valence electrons. The lowest BCUT2D eigenvalue weighted by Gasteiger charge is -2.09. The third-order valence-electron chi connectivity index (χ3n) is 6.00. The van der Waals surface area contributed by atoms with Crippen molar-refractivity contribution in [1.29, 1.82) is 0 Å². The van der Waals surface area contributed by atoms with Crippen LogP contribution in [0.15, 0.2) is 39.9 Å². The average molecular weight is 579 g/mol. The summed E-state index contributed by atoms with van der Waals surface area (Å²) in [5.41, 5.74) is 0.296. The molecule has 0 fully saturated rings. The number of benzene rings is 1. The van der Waals surface area contributed by atoms with Crippen LogP contribution in [0.4, 0.5) is 13.2 Å². The molecule has 0 spiro atoms. The Kier molecular flexibility index (Phi) is 6.84. The van der Waals surface area contributed by atoms with E-state index in [1.54, 1.807) is 6.07 Å². The molecule has 0 aliphatic rings. The Bertz CT molecular complexity index is 1620. The zero-order valence-corrected chi connectivity index (χ0v) is 21.3. The number of fused-ring (bicyclic) bond motifs is 2. The maximum atomic E-state index is 13.3. The molecule has 14 heteroatoms. The second-order valence-corrected chi connectivity index (χ2v) is 9.39. The Morgan fingerprint density at radius 3 is 2.76 bits per heavy atom. The summed E-state index contributed by atoms with van der Waals surface area (Å²) in [5.74, 6) is 1.39. The molecule has 4 aromatic heterocycles. The lowest BCUT2D eigenvalue weighted by Crippen LogP contribution is -2.22. The van der Waals surface area contributed by atoms with Crippen LogP contribution < -0.4 is 5.56 Å². The third-order valence-corrected chi connectivity index (χ3v) is 6.53. The number of imidazole rings is 1. The predicted octanol–water partition coefficient (Wildman–Crippen LogP) is 4.37. The molecule has 10 nitrogen and oxygen atoms in total. The molecule has 0 N–H and O–H groups in total. The molecule has 1 aromatic carbocycles. The van der Waals surface area contributed by atoms with Crippen LogP contribution in [0.2, 0.25) is 0 Å². The number of nitrogens with zero attached hydrogens (tertiary/aromatic N) is 8. The van der Waals surface area contributed by atoms with Crippen molar-refractivity contribution in [2.75, 3.05) is 0 Å². The van der Waals surface area contributed by atoms with Crippen molar-refractivity contribution in [2.24, 2.45) is 0 Å². The number of aromatic nitrogens is 8. The van der Waals surface area contributed by atoms with Gasteiger partial charge in [0, 0.05) is 25.8 Å². The van der Waals surface area contributed by atoms with Gasteiger partial charge in [-0.1, -0.05) is 43.1 Å². The molecule has 4 heterocycles. The highest BCUT2D eigenvalue weighted by atomic mass is 79.9. The topological polar surface area (TPSA) is 109 Å². The van der Waals surface area contributed by atoms with Gasteiger partial charge in [0.1, 0.15) is 12.2 Å². The van der Waals surface area contributed by atoms with Crippen LogP contribution in [0, 0.1) is 0 Å². The van der Waals surface area contributed by atoms with Crippen LogP contribution in [0.5, 0.6) is 0 Å². The van der Waals surface area contributed by atoms with Crippen molar-refractivity contribution in [1.82, 2.24) is 37.9 Å². The first kappa shape index (κ1) is 25.1. The number of rotatable bonds is 9. The van der Waals surface area contributed by atoms with Gasteiger partial charge in [0.15, 0.2) is 17.0 Å². The fraction of sp³-hybridized carbons (Fsp3) is 0.391. The number of alkyl halides is 3. The van der Waals surface area contributed by atoms with Gasteiger partial charge < -0.3 is 4.52 Å². The second kappa shape index (κ2) is 10.1. The van der Waals surface area contributed by atoms with E-state index in [2.05, 4.69) is 48.4 Å². The molecule has 0 saturated heterocycles. The summed E-state index contributed by atoms with van der Waals surface area (Å²) >= 11 is 3.34. The summed E-state index contributed by atoms with van der Waals surface area (Å²) in [6.07, 6.45) is 0.733. The van der Waals surface area contributed by atoms with Crippen molar-refractivity contribution in [3.8, 4) is 0 Å². The van der Waals surface area contributed by atoms with Crippen molar-refractivity contribution in [3.05, 3.63) is 69.6 Å². The fourth-order valence-electron chi connectivity index (χ4n) is 4.21. The number of unbranched alkanes of at least 4 members (excludes halogenated alkanes) is 2. The Morgan fingerprint density at radius 2 is 1.97 bits per heavy atom. The lowest BCUT2D eigenvalue weighted by molar-refractivity contribution is -0.137. The van der Waals surface area contributed by atoms with Crippen molar-refractivity contribution >= 4 is 33.1 Å². The molecule has 0 amide bonds. The molecular formula is C23H22BrF3N8O2. The average Bonchev–Trinajstić information content (AvgIpc) is 3.59. The van der Waals surface area contributed by atoms with Gasteiger partial charge in [0.25, 0.3) is 5.56 Å². The molecule has 5 rings (SSSR count). The van der Waals surface area contributed by atoms with E-state index < -0.39 is 11.7 Å². The first-order chi connectivity index (χ1) is 17.8. The van der Waals surface area contributed by atoms with E-state index in [0.717, 1.165) is 31.4 Å². The lowest BCUT2D eigenvalue weighted by atomic mass is 10.1. The quantitative estimate of drug-likeness (QED) is 0.239. The van der Waals surface area contributed by atoms with E-state index in [4.69, 9.17) is 4.52 Å². The highest BCUT2D eigenvalue weighted by Crippen LogP contribution is 2.29. The van der Waals surface area contributed by atoms with E-state index in [0.29, 0.717) is 41.3 Å². The maximum absolute atomic E-state index is 13.3. The first-order valence-corrected chi connectivity index (χ1v) is 12.4. The van der Waals surface area contributed by atoms with E-state index in [1.165, 1.54) is 20.4 Å². The zero-order chi connectivity index (χ0) is 26.2. The normalized spacial score (nSPS) is 12.2. The van der Waals surface area contributed by atoms with Gasteiger partial charge in [-0.2, -0.15) is 18.2 Å². The van der Waals surface area contributed by atoms with E-state index >= 15 is 0 Å². The van der Waals surface area contributed by atoms with Gasteiger partial charge in [-0.3, -0.25) is 13.0 Å². The third kappa shape index (κ3) is 5.02. The molecule has 37 heavy (non-hydrogen) atoms. The highest BCUT2D eigenvalue weighted by Gasteiger charge is 2.30. The number of hydrogen-bond acceptors (Lipinski definition) is 7. The Hall–Kier alpha value is -3.55. The molecule has 0 saturated carbocycles. The number of aryl methyl sites for hydroxylation is 3. The maximum Gasteiger partial charge on any atom is 0.416 e. The van der Waals surface area contributed by atoms with E-state index in [9.17, 15) is 18.0 Å². The molecule has 0 unspecified atom stereocenters. The SMILES string of the molecule is CCCCCn1c2ncn(Br)c2c(=O)n2c(CCc3nc(Cc4cccc(C(F)(F)F)c4)no3)nnc12. The zero-order valence-electron chi connectivity index (χ0n) is 19.7. The molecular weight excluding hydrogens is 557 g/mol. The van der Waals surface area contributed by atoms with Gasteiger partial charge in [0.2, 0.25) is 11.7 Å². The van der Waals surface area contributed by atoms with Gasteiger partial charge in [-0.15, -0.1) is 10.2 Å². The summed E-state index contributed by atoms with van der Waals surface area (Å²) < 4.78 is 49.1. The summed E-state index contributed by atoms with van der Waals surface area (Å²) in [6, 6.07) is 5.01. The van der Waals surface area contributed by atoms with Gasteiger partial charge in [-0.05, 0) is 18.1 Å². The predicted molar refractivity (Wildman–Crippen MR) is 130 cm³/mol. The van der Waals surface area contributed by atoms with E-state index in [1.807, 2.05) is 4.57 Å². The molecule has 0 aliphatic heterocycles. The molecule has 0 radical (unpaired) electrons. The molecule has 0 atom stereocenters. The first-order valence-electron chi connectivity index (χ1n) is 11.7. The standard InChI is InChI=1S/C23H22BrF3N8O2/c1-2-3-4-10-33-20-19(34(24)13-28-20)21(36)35-17(30-31-22(33)35)8-9-18-29-16(32-37-18)12-14-6-5-7-15(11-14)23(25,26)27/h5-7,11,13H,2-4,8-10,12H2,1H3. The van der Waals surface area contributed by atoms with Crippen molar-refractivity contribution in [2.45, 2.75) is 58.2 Å². The Labute approximate surface area is 216 Å². The van der Waals surface area contributed by atoms with Gasteiger partial charge in [-0.25, -0.2) is 9.38 Å². The molecule has 0 bridgehead atoms. The molecule has 0 aliphatic carbocycles. The summed E-state index contributed by atoms with van der Waals surface area (Å²) in [7, 11) is 0.